The van der Waals surface area contributed by atoms with Crippen LogP contribution < -0.4 is 0 Å². The number of hydrogen-bond acceptors (Lipinski definition) is 4. The van der Waals surface area contributed by atoms with Gasteiger partial charge in [-0.25, -0.2) is 0 Å². The summed E-state index contributed by atoms with van der Waals surface area (Å²) in [6, 6.07) is 0. The summed E-state index contributed by atoms with van der Waals surface area (Å²) in [5.74, 6) is -0.855. The molecule has 2 unspecified atom stereocenters. The Hall–Kier alpha value is -0.0100. The van der Waals surface area contributed by atoms with Crippen molar-refractivity contribution in [3.63, 3.8) is 0 Å². The number of rotatable bonds is 31. The fourth-order valence-electron chi connectivity index (χ4n) is 5.47. The summed E-state index contributed by atoms with van der Waals surface area (Å²) in [6.07, 6.45) is 32.3. The summed E-state index contributed by atoms with van der Waals surface area (Å²) >= 11 is 1.59. The van der Waals surface area contributed by atoms with Crippen LogP contribution in [0.4, 0.5) is 0 Å². The number of unbranched alkanes of at least 4 members (excludes halogenated alkanes) is 24. The van der Waals surface area contributed by atoms with Crippen LogP contribution in [0.3, 0.4) is 0 Å². The highest BCUT2D eigenvalue weighted by Gasteiger charge is 2.53. The first-order chi connectivity index (χ1) is 19.2. The van der Waals surface area contributed by atoms with Gasteiger partial charge < -0.3 is 10.2 Å². The van der Waals surface area contributed by atoms with Crippen molar-refractivity contribution in [3.8, 4) is 0 Å². The summed E-state index contributed by atoms with van der Waals surface area (Å²) in [7, 11) is 0. The molecule has 0 aromatic rings. The van der Waals surface area contributed by atoms with Crippen molar-refractivity contribution in [1.82, 2.24) is 0 Å². The molecule has 0 saturated carbocycles. The molecule has 0 fully saturated rings. The lowest BCUT2D eigenvalue weighted by molar-refractivity contribution is -0.159. The van der Waals surface area contributed by atoms with Gasteiger partial charge in [0.1, 0.15) is 0 Å². The molecule has 0 aliphatic rings. The third-order valence-corrected chi connectivity index (χ3v) is 10.2. The van der Waals surface area contributed by atoms with E-state index >= 15 is 0 Å². The van der Waals surface area contributed by atoms with E-state index in [0.717, 1.165) is 25.7 Å². The molecule has 0 heterocycles. The van der Waals surface area contributed by atoms with Gasteiger partial charge in [-0.1, -0.05) is 168 Å². The molecule has 4 nitrogen and oxygen atoms in total. The second-order valence-corrected chi connectivity index (χ2v) is 14.1. The van der Waals surface area contributed by atoms with E-state index in [1.807, 2.05) is 0 Å². The predicted octanol–water partition coefficient (Wildman–Crippen LogP) is 11.0. The summed E-state index contributed by atoms with van der Waals surface area (Å²) in [4.78, 5) is 25.5. The van der Waals surface area contributed by atoms with Crippen molar-refractivity contribution in [1.29, 1.82) is 0 Å². The monoisotopic (exact) mass is 678 g/mol. The Morgan fingerprint density at radius 1 is 0.450 bits per heavy atom. The lowest BCUT2D eigenvalue weighted by Gasteiger charge is -2.34. The largest absolute Gasteiger partial charge is 0.378 e. The molecule has 0 aliphatic carbocycles. The van der Waals surface area contributed by atoms with Gasteiger partial charge in [0.15, 0.2) is 17.2 Å². The van der Waals surface area contributed by atoms with Gasteiger partial charge in [0.2, 0.25) is 3.61 Å². The van der Waals surface area contributed by atoms with Gasteiger partial charge in [0, 0.05) is 12.8 Å². The first kappa shape index (κ1) is 40.0. The fourth-order valence-corrected chi connectivity index (χ4v) is 6.04. The SMILES string of the molecule is CCCCCCCCCCCCCCCC(=O)C(C)(O)C(O)(I)C(=O)CCCCCCCCCCCCCCC. The van der Waals surface area contributed by atoms with Crippen molar-refractivity contribution < 1.29 is 19.8 Å². The molecule has 0 aromatic heterocycles. The highest BCUT2D eigenvalue weighted by atomic mass is 127. The third kappa shape index (κ3) is 20.0. The Morgan fingerprint density at radius 3 is 0.950 bits per heavy atom. The Balaban J connectivity index is 3.89. The summed E-state index contributed by atoms with van der Waals surface area (Å²) in [6.45, 7) is 5.82. The molecule has 0 radical (unpaired) electrons. The van der Waals surface area contributed by atoms with E-state index in [1.165, 1.54) is 135 Å². The van der Waals surface area contributed by atoms with E-state index in [1.54, 1.807) is 22.6 Å². The number of Topliss-reactive ketones (excluding diaryl/α,β-unsaturated/α-hetero) is 2. The zero-order valence-corrected chi connectivity index (χ0v) is 29.0. The van der Waals surface area contributed by atoms with Crippen LogP contribution in [-0.4, -0.2) is 31.0 Å². The fraction of sp³-hybridized carbons (Fsp3) is 0.943. The molecule has 2 atom stereocenters. The normalized spacial score (nSPS) is 14.7. The Kier molecular flexibility index (Phi) is 26.6. The van der Waals surface area contributed by atoms with E-state index in [-0.39, 0.29) is 12.8 Å². The first-order valence-electron chi connectivity index (χ1n) is 17.4. The van der Waals surface area contributed by atoms with Gasteiger partial charge in [0.25, 0.3) is 0 Å². The quantitative estimate of drug-likeness (QED) is 0.0435. The van der Waals surface area contributed by atoms with E-state index in [4.69, 9.17) is 0 Å². The minimum atomic E-state index is -2.06. The minimum Gasteiger partial charge on any atom is -0.378 e. The standard InChI is InChI=1S/C35H67IO4/c1-4-6-8-10-12-14-16-18-20-22-24-26-28-30-32(37)34(3,39)35(36,40)33(38)31-29-27-25-23-21-19-17-15-13-11-9-7-5-2/h39-40H,4-31H2,1-3H3. The molecule has 0 spiro atoms. The lowest BCUT2D eigenvalue weighted by atomic mass is 9.86. The molecule has 0 aromatic carbocycles. The van der Waals surface area contributed by atoms with Gasteiger partial charge in [0.05, 0.1) is 0 Å². The smallest absolute Gasteiger partial charge is 0.209 e. The molecule has 5 heteroatoms. The second-order valence-electron chi connectivity index (χ2n) is 12.5. The van der Waals surface area contributed by atoms with E-state index in [9.17, 15) is 19.8 Å². The molecular formula is C35H67IO4. The maximum absolute atomic E-state index is 12.7. The van der Waals surface area contributed by atoms with Crippen molar-refractivity contribution in [3.05, 3.63) is 0 Å². The number of hydrogen-bond donors (Lipinski definition) is 2. The zero-order chi connectivity index (χ0) is 30.0. The third-order valence-electron chi connectivity index (χ3n) is 8.57. The highest BCUT2D eigenvalue weighted by molar-refractivity contribution is 14.1. The number of aliphatic hydroxyl groups is 2. The van der Waals surface area contributed by atoms with Gasteiger partial charge >= 0.3 is 0 Å². The number of ketones is 2. The van der Waals surface area contributed by atoms with Gasteiger partial charge in [-0.05, 0) is 42.4 Å². The average molecular weight is 679 g/mol. The summed E-state index contributed by atoms with van der Waals surface area (Å²) in [5, 5.41) is 21.7. The maximum Gasteiger partial charge on any atom is 0.209 e. The summed E-state index contributed by atoms with van der Waals surface area (Å²) in [5.41, 5.74) is -2.04. The molecule has 0 amide bonds. The van der Waals surface area contributed by atoms with Crippen LogP contribution in [0.2, 0.25) is 0 Å². The highest BCUT2D eigenvalue weighted by Crippen LogP contribution is 2.34. The van der Waals surface area contributed by atoms with Crippen molar-refractivity contribution in [2.24, 2.45) is 0 Å². The first-order valence-corrected chi connectivity index (χ1v) is 18.5. The van der Waals surface area contributed by atoms with Gasteiger partial charge in [-0.3, -0.25) is 9.59 Å². The molecule has 40 heavy (non-hydrogen) atoms. The van der Waals surface area contributed by atoms with Crippen LogP contribution in [-0.2, 0) is 9.59 Å². The van der Waals surface area contributed by atoms with Crippen molar-refractivity contribution in [2.45, 2.75) is 210 Å². The van der Waals surface area contributed by atoms with Crippen LogP contribution >= 0.6 is 22.6 Å². The van der Waals surface area contributed by atoms with Crippen LogP contribution in [0.1, 0.15) is 201 Å². The zero-order valence-electron chi connectivity index (χ0n) is 26.9. The molecule has 0 saturated heterocycles. The van der Waals surface area contributed by atoms with Gasteiger partial charge in [-0.15, -0.1) is 0 Å². The molecule has 0 bridgehead atoms. The van der Waals surface area contributed by atoms with E-state index < -0.39 is 20.8 Å². The minimum absolute atomic E-state index is 0.208. The van der Waals surface area contributed by atoms with Crippen molar-refractivity contribution >= 4 is 34.2 Å². The Labute approximate surface area is 262 Å². The Morgan fingerprint density at radius 2 is 0.675 bits per heavy atom. The van der Waals surface area contributed by atoms with Crippen LogP contribution in [0.15, 0.2) is 0 Å². The molecular weight excluding hydrogens is 611 g/mol. The van der Waals surface area contributed by atoms with Crippen LogP contribution in [0.25, 0.3) is 0 Å². The van der Waals surface area contributed by atoms with Crippen LogP contribution in [0, 0.1) is 0 Å². The Bertz CT molecular complexity index is 550. The lowest BCUT2D eigenvalue weighted by Crippen LogP contribution is -2.57. The molecule has 238 valence electrons. The average Bonchev–Trinajstić information content (AvgIpc) is 2.93. The molecule has 0 rings (SSSR count). The van der Waals surface area contributed by atoms with E-state index in [2.05, 4.69) is 13.8 Å². The number of carbonyl (C=O) groups is 2. The van der Waals surface area contributed by atoms with Crippen molar-refractivity contribution in [2.75, 3.05) is 0 Å². The summed E-state index contributed by atoms with van der Waals surface area (Å²) < 4.78 is -2.06. The number of halogens is 1. The van der Waals surface area contributed by atoms with Crippen LogP contribution in [0.5, 0.6) is 0 Å². The second kappa shape index (κ2) is 26.6. The van der Waals surface area contributed by atoms with Gasteiger partial charge in [-0.2, -0.15) is 0 Å². The maximum atomic E-state index is 12.7. The number of alkyl halides is 1. The topological polar surface area (TPSA) is 74.6 Å². The molecule has 0 aliphatic heterocycles. The molecule has 2 N–H and O–H groups in total. The number of carbonyl (C=O) groups excluding carboxylic acids is 2. The predicted molar refractivity (Wildman–Crippen MR) is 180 cm³/mol. The van der Waals surface area contributed by atoms with E-state index in [0.29, 0.717) is 12.8 Å².